The molecule has 1 fully saturated rings. The van der Waals surface area contributed by atoms with Crippen LogP contribution in [0, 0.1) is 11.3 Å². The molecule has 0 bridgehead atoms. The summed E-state index contributed by atoms with van der Waals surface area (Å²) in [5.41, 5.74) is 0.813. The van der Waals surface area contributed by atoms with Gasteiger partial charge in [-0.05, 0) is 37.9 Å². The lowest BCUT2D eigenvalue weighted by Gasteiger charge is -2.31. The van der Waals surface area contributed by atoms with E-state index in [0.717, 1.165) is 44.5 Å². The highest BCUT2D eigenvalue weighted by atomic mass is 35.5. The molecular formula is C20H22Cl2N4O2. The average molecular weight is 421 g/mol. The molecule has 1 aliphatic heterocycles. The molecule has 0 unspecified atom stereocenters. The van der Waals surface area contributed by atoms with Crippen molar-refractivity contribution in [1.82, 2.24) is 14.9 Å². The van der Waals surface area contributed by atoms with E-state index < -0.39 is 0 Å². The number of aromatic nitrogens is 2. The standard InChI is InChI=1S/C20H22Cl2N4O2/c21-16-4-3-15(18(22)13-16)14-27-19-20(25-9-8-24-19)28-17-5-11-26(12-6-17)10-2-1-7-23/h3-4,8-9,13,17H,1-2,5-6,10-12,14H2. The van der Waals surface area contributed by atoms with Gasteiger partial charge < -0.3 is 14.4 Å². The van der Waals surface area contributed by atoms with Crippen molar-refractivity contribution in [2.24, 2.45) is 0 Å². The monoisotopic (exact) mass is 420 g/mol. The molecule has 2 aromatic rings. The highest BCUT2D eigenvalue weighted by Gasteiger charge is 2.22. The van der Waals surface area contributed by atoms with Crippen LogP contribution in [-0.2, 0) is 6.61 Å². The number of ether oxygens (including phenoxy) is 2. The summed E-state index contributed by atoms with van der Waals surface area (Å²) in [6.45, 7) is 3.11. The molecular weight excluding hydrogens is 399 g/mol. The summed E-state index contributed by atoms with van der Waals surface area (Å²) < 4.78 is 11.9. The molecule has 3 rings (SSSR count). The fourth-order valence-corrected chi connectivity index (χ4v) is 3.53. The van der Waals surface area contributed by atoms with E-state index in [1.54, 1.807) is 24.5 Å². The van der Waals surface area contributed by atoms with Gasteiger partial charge >= 0.3 is 0 Å². The first-order chi connectivity index (χ1) is 13.7. The normalized spacial score (nSPS) is 15.2. The highest BCUT2D eigenvalue weighted by molar-refractivity contribution is 6.35. The predicted octanol–water partition coefficient (Wildman–Crippen LogP) is 4.51. The van der Waals surface area contributed by atoms with Gasteiger partial charge in [0, 0.05) is 47.5 Å². The third-order valence-electron chi connectivity index (χ3n) is 4.59. The van der Waals surface area contributed by atoms with Gasteiger partial charge in [0.1, 0.15) is 12.7 Å². The third kappa shape index (κ3) is 5.96. The Bertz CT molecular complexity index is 820. The van der Waals surface area contributed by atoms with Crippen molar-refractivity contribution in [2.45, 2.75) is 38.4 Å². The smallest absolute Gasteiger partial charge is 0.278 e. The molecule has 1 aromatic carbocycles. The number of unbranched alkanes of at least 4 members (excludes halogenated alkanes) is 1. The van der Waals surface area contributed by atoms with Crippen LogP contribution >= 0.6 is 23.2 Å². The molecule has 148 valence electrons. The second-order valence-electron chi connectivity index (χ2n) is 6.61. The number of rotatable bonds is 8. The van der Waals surface area contributed by atoms with Crippen LogP contribution < -0.4 is 9.47 Å². The molecule has 1 saturated heterocycles. The summed E-state index contributed by atoms with van der Waals surface area (Å²) in [6, 6.07) is 7.46. The van der Waals surface area contributed by atoms with E-state index in [-0.39, 0.29) is 12.7 Å². The van der Waals surface area contributed by atoms with Crippen LogP contribution in [0.5, 0.6) is 11.8 Å². The zero-order valence-corrected chi connectivity index (χ0v) is 17.0. The van der Waals surface area contributed by atoms with E-state index in [9.17, 15) is 0 Å². The Hall–Kier alpha value is -2.07. The fraction of sp³-hybridized carbons (Fsp3) is 0.450. The molecule has 28 heavy (non-hydrogen) atoms. The lowest BCUT2D eigenvalue weighted by atomic mass is 10.1. The van der Waals surface area contributed by atoms with Gasteiger partial charge in [0.25, 0.3) is 11.8 Å². The molecule has 0 aliphatic carbocycles. The van der Waals surface area contributed by atoms with Crippen molar-refractivity contribution in [3.63, 3.8) is 0 Å². The molecule has 0 amide bonds. The summed E-state index contributed by atoms with van der Waals surface area (Å²) in [5, 5.41) is 9.77. The predicted molar refractivity (Wildman–Crippen MR) is 108 cm³/mol. The number of nitriles is 1. The minimum Gasteiger partial charge on any atom is -0.470 e. The maximum absolute atomic E-state index is 8.65. The molecule has 6 nitrogen and oxygen atoms in total. The largest absolute Gasteiger partial charge is 0.470 e. The Morgan fingerprint density at radius 3 is 2.61 bits per heavy atom. The van der Waals surface area contributed by atoms with Gasteiger partial charge in [-0.3, -0.25) is 0 Å². The van der Waals surface area contributed by atoms with Crippen LogP contribution in [0.1, 0.15) is 31.2 Å². The quantitative estimate of drug-likeness (QED) is 0.584. The van der Waals surface area contributed by atoms with E-state index in [1.165, 1.54) is 0 Å². The molecule has 0 radical (unpaired) electrons. The van der Waals surface area contributed by atoms with Crippen molar-refractivity contribution >= 4 is 23.2 Å². The number of halogens is 2. The number of likely N-dealkylation sites (tertiary alicyclic amines) is 1. The van der Waals surface area contributed by atoms with Crippen molar-refractivity contribution in [3.8, 4) is 17.8 Å². The van der Waals surface area contributed by atoms with Gasteiger partial charge in [0.2, 0.25) is 0 Å². The molecule has 8 heteroatoms. The van der Waals surface area contributed by atoms with E-state index in [4.69, 9.17) is 37.9 Å². The number of nitrogens with zero attached hydrogens (tertiary/aromatic N) is 4. The molecule has 0 N–H and O–H groups in total. The van der Waals surface area contributed by atoms with Crippen LogP contribution in [0.15, 0.2) is 30.6 Å². The van der Waals surface area contributed by atoms with E-state index in [1.807, 2.05) is 6.07 Å². The van der Waals surface area contributed by atoms with Crippen LogP contribution in [0.2, 0.25) is 10.0 Å². The summed E-state index contributed by atoms with van der Waals surface area (Å²) in [5.74, 6) is 0.750. The Morgan fingerprint density at radius 2 is 1.89 bits per heavy atom. The number of benzene rings is 1. The first-order valence-electron chi connectivity index (χ1n) is 9.29. The minimum atomic E-state index is 0.0744. The molecule has 0 spiro atoms. The molecule has 0 atom stereocenters. The van der Waals surface area contributed by atoms with Crippen LogP contribution in [0.4, 0.5) is 0 Å². The SMILES string of the molecule is N#CCCCN1CCC(Oc2nccnc2OCc2ccc(Cl)cc2Cl)CC1. The summed E-state index contributed by atoms with van der Waals surface area (Å²) in [4.78, 5) is 10.9. The van der Waals surface area contributed by atoms with Gasteiger partial charge in [-0.2, -0.15) is 5.26 Å². The summed E-state index contributed by atoms with van der Waals surface area (Å²) in [6.07, 6.45) is 6.58. The summed E-state index contributed by atoms with van der Waals surface area (Å²) in [7, 11) is 0. The average Bonchev–Trinajstić information content (AvgIpc) is 2.70. The lowest BCUT2D eigenvalue weighted by molar-refractivity contribution is 0.0913. The van der Waals surface area contributed by atoms with Crippen molar-refractivity contribution < 1.29 is 9.47 Å². The Balaban J connectivity index is 1.54. The maximum atomic E-state index is 8.65. The number of hydrogen-bond donors (Lipinski definition) is 0. The van der Waals surface area contributed by atoms with Crippen molar-refractivity contribution in [3.05, 3.63) is 46.2 Å². The lowest BCUT2D eigenvalue weighted by Crippen LogP contribution is -2.38. The number of piperidine rings is 1. The Morgan fingerprint density at radius 1 is 1.14 bits per heavy atom. The van der Waals surface area contributed by atoms with E-state index >= 15 is 0 Å². The van der Waals surface area contributed by atoms with E-state index in [2.05, 4.69) is 20.9 Å². The zero-order chi connectivity index (χ0) is 19.8. The van der Waals surface area contributed by atoms with Gasteiger partial charge in [-0.1, -0.05) is 29.3 Å². The Labute approximate surface area is 175 Å². The Kier molecular flexibility index (Phi) is 7.72. The van der Waals surface area contributed by atoms with Gasteiger partial charge in [-0.15, -0.1) is 0 Å². The van der Waals surface area contributed by atoms with Gasteiger partial charge in [0.05, 0.1) is 6.07 Å². The van der Waals surface area contributed by atoms with Gasteiger partial charge in [0.15, 0.2) is 0 Å². The van der Waals surface area contributed by atoms with Crippen LogP contribution in [-0.4, -0.2) is 40.6 Å². The molecule has 1 aliphatic rings. The first kappa shape index (κ1) is 20.7. The van der Waals surface area contributed by atoms with E-state index in [0.29, 0.717) is 28.2 Å². The van der Waals surface area contributed by atoms with Crippen LogP contribution in [0.25, 0.3) is 0 Å². The maximum Gasteiger partial charge on any atom is 0.278 e. The highest BCUT2D eigenvalue weighted by Crippen LogP contribution is 2.27. The van der Waals surface area contributed by atoms with Gasteiger partial charge in [-0.25, -0.2) is 9.97 Å². The first-order valence-corrected chi connectivity index (χ1v) is 10.0. The third-order valence-corrected chi connectivity index (χ3v) is 5.18. The minimum absolute atomic E-state index is 0.0744. The van der Waals surface area contributed by atoms with Crippen LogP contribution in [0.3, 0.4) is 0 Å². The topological polar surface area (TPSA) is 71.3 Å². The van der Waals surface area contributed by atoms with Crippen molar-refractivity contribution in [1.29, 1.82) is 5.26 Å². The summed E-state index contributed by atoms with van der Waals surface area (Å²) >= 11 is 12.1. The second kappa shape index (κ2) is 10.5. The second-order valence-corrected chi connectivity index (χ2v) is 7.46. The van der Waals surface area contributed by atoms with Crippen molar-refractivity contribution in [2.75, 3.05) is 19.6 Å². The molecule has 2 heterocycles. The fourth-order valence-electron chi connectivity index (χ4n) is 3.07. The molecule has 1 aromatic heterocycles. The molecule has 0 saturated carbocycles. The number of hydrogen-bond acceptors (Lipinski definition) is 6. The zero-order valence-electron chi connectivity index (χ0n) is 15.5.